The number of aromatic nitrogens is 2. The van der Waals surface area contributed by atoms with Gasteiger partial charge in [-0.2, -0.15) is 0 Å². The van der Waals surface area contributed by atoms with Crippen molar-refractivity contribution in [2.24, 2.45) is 0 Å². The van der Waals surface area contributed by atoms with Crippen LogP contribution in [0.15, 0.2) is 85.1 Å². The van der Waals surface area contributed by atoms with Gasteiger partial charge in [0.05, 0.1) is 28.0 Å². The molecule has 1 N–H and O–H groups in total. The molecule has 0 unspecified atom stereocenters. The van der Waals surface area contributed by atoms with E-state index in [0.717, 1.165) is 46.9 Å². The molecular weight excluding hydrogens is 472 g/mol. The van der Waals surface area contributed by atoms with Crippen LogP contribution in [0.3, 0.4) is 0 Å². The standard InChI is InChI=1S/C20H18F2N2.C10H7NO2/c1-13-5-4-10-24(13)19-12-14-6-2-3-7-18(14)23-20(19)15-8-9-16(21)17(22)11-15;12-10(13)8-3-4-9-7(6-8)2-1-5-11-9/h2-3,6-9,11-13H,4-5,10H2,1H3;1-6H,(H,12,13)/t13-;/m0./s1. The lowest BCUT2D eigenvalue weighted by molar-refractivity contribution is 0.0697. The molecule has 1 saturated heterocycles. The fourth-order valence-electron chi connectivity index (χ4n) is 4.68. The summed E-state index contributed by atoms with van der Waals surface area (Å²) in [7, 11) is 0. The maximum Gasteiger partial charge on any atom is 0.335 e. The predicted octanol–water partition coefficient (Wildman–Crippen LogP) is 7.10. The Bertz CT molecular complexity index is 1610. The average Bonchev–Trinajstić information content (AvgIpc) is 3.35. The summed E-state index contributed by atoms with van der Waals surface area (Å²) in [5.41, 5.74) is 4.26. The molecule has 6 rings (SSSR count). The number of carboxylic acids is 1. The van der Waals surface area contributed by atoms with E-state index in [0.29, 0.717) is 22.9 Å². The van der Waals surface area contributed by atoms with Crippen LogP contribution in [-0.4, -0.2) is 33.6 Å². The Morgan fingerprint density at radius 3 is 2.46 bits per heavy atom. The summed E-state index contributed by atoms with van der Waals surface area (Å²) >= 11 is 0. The first-order chi connectivity index (χ1) is 17.9. The SMILES string of the molecule is C[C@H]1CCCN1c1cc2ccccc2nc1-c1ccc(F)c(F)c1.O=C(O)c1ccc2ncccc2c1. The van der Waals surface area contributed by atoms with Crippen molar-refractivity contribution in [3.05, 3.63) is 102 Å². The third kappa shape index (κ3) is 5.11. The fourth-order valence-corrected chi connectivity index (χ4v) is 4.68. The van der Waals surface area contributed by atoms with E-state index in [1.54, 1.807) is 36.5 Å². The van der Waals surface area contributed by atoms with Gasteiger partial charge in [-0.15, -0.1) is 0 Å². The first-order valence-corrected chi connectivity index (χ1v) is 12.1. The molecule has 1 aliphatic heterocycles. The lowest BCUT2D eigenvalue weighted by atomic mass is 10.1. The second kappa shape index (κ2) is 10.3. The number of carboxylic acid groups (broad SMARTS) is 1. The first-order valence-electron chi connectivity index (χ1n) is 12.1. The Morgan fingerprint density at radius 2 is 1.70 bits per heavy atom. The Balaban J connectivity index is 0.000000182. The summed E-state index contributed by atoms with van der Waals surface area (Å²) in [4.78, 5) is 21.8. The summed E-state index contributed by atoms with van der Waals surface area (Å²) in [5.74, 6) is -2.59. The highest BCUT2D eigenvalue weighted by Crippen LogP contribution is 2.36. The quantitative estimate of drug-likeness (QED) is 0.288. The number of para-hydroxylation sites is 1. The number of halogens is 2. The van der Waals surface area contributed by atoms with Gasteiger partial charge in [-0.1, -0.05) is 24.3 Å². The molecule has 0 saturated carbocycles. The third-order valence-electron chi connectivity index (χ3n) is 6.61. The molecule has 1 atom stereocenters. The van der Waals surface area contributed by atoms with Crippen LogP contribution in [-0.2, 0) is 0 Å². The number of anilines is 1. The zero-order valence-corrected chi connectivity index (χ0v) is 20.2. The minimum absolute atomic E-state index is 0.292. The lowest BCUT2D eigenvalue weighted by Gasteiger charge is -2.26. The number of fused-ring (bicyclic) bond motifs is 2. The molecule has 37 heavy (non-hydrogen) atoms. The summed E-state index contributed by atoms with van der Waals surface area (Å²) in [5, 5.41) is 10.6. The number of hydrogen-bond acceptors (Lipinski definition) is 4. The number of nitrogens with zero attached hydrogens (tertiary/aromatic N) is 3. The number of carbonyl (C=O) groups is 1. The van der Waals surface area contributed by atoms with Gasteiger partial charge in [-0.25, -0.2) is 18.6 Å². The van der Waals surface area contributed by atoms with Crippen molar-refractivity contribution in [3.63, 3.8) is 0 Å². The van der Waals surface area contributed by atoms with E-state index in [1.165, 1.54) is 12.1 Å². The van der Waals surface area contributed by atoms with Gasteiger partial charge in [0.25, 0.3) is 0 Å². The van der Waals surface area contributed by atoms with Gasteiger partial charge in [-0.05, 0) is 74.4 Å². The zero-order valence-electron chi connectivity index (χ0n) is 20.2. The van der Waals surface area contributed by atoms with Gasteiger partial charge in [0.2, 0.25) is 0 Å². The maximum atomic E-state index is 13.7. The molecule has 0 amide bonds. The van der Waals surface area contributed by atoms with Gasteiger partial charge < -0.3 is 10.0 Å². The monoisotopic (exact) mass is 497 g/mol. The van der Waals surface area contributed by atoms with E-state index in [2.05, 4.69) is 22.9 Å². The Hall–Kier alpha value is -4.39. The van der Waals surface area contributed by atoms with E-state index in [-0.39, 0.29) is 0 Å². The molecule has 0 spiro atoms. The molecule has 0 bridgehead atoms. The van der Waals surface area contributed by atoms with Crippen LogP contribution in [0.5, 0.6) is 0 Å². The maximum absolute atomic E-state index is 13.7. The summed E-state index contributed by atoms with van der Waals surface area (Å²) in [6, 6.07) is 22.9. The van der Waals surface area contributed by atoms with E-state index in [1.807, 2.05) is 30.3 Å². The average molecular weight is 498 g/mol. The highest BCUT2D eigenvalue weighted by atomic mass is 19.2. The van der Waals surface area contributed by atoms with Gasteiger partial charge in [-0.3, -0.25) is 4.98 Å². The summed E-state index contributed by atoms with van der Waals surface area (Å²) in [6.07, 6.45) is 3.94. The van der Waals surface area contributed by atoms with Gasteiger partial charge in [0, 0.05) is 35.1 Å². The second-order valence-electron chi connectivity index (χ2n) is 9.08. The van der Waals surface area contributed by atoms with Crippen LogP contribution in [0.4, 0.5) is 14.5 Å². The molecule has 7 heteroatoms. The van der Waals surface area contributed by atoms with Crippen LogP contribution in [0.2, 0.25) is 0 Å². The lowest BCUT2D eigenvalue weighted by Crippen LogP contribution is -2.27. The predicted molar refractivity (Wildman–Crippen MR) is 142 cm³/mol. The van der Waals surface area contributed by atoms with E-state index >= 15 is 0 Å². The van der Waals surface area contributed by atoms with Crippen molar-refractivity contribution in [2.75, 3.05) is 11.4 Å². The first kappa shape index (κ1) is 24.3. The molecule has 5 nitrogen and oxygen atoms in total. The molecule has 186 valence electrons. The van der Waals surface area contributed by atoms with Gasteiger partial charge in [0.1, 0.15) is 0 Å². The fraction of sp³-hybridized carbons (Fsp3) is 0.167. The van der Waals surface area contributed by atoms with Crippen molar-refractivity contribution >= 4 is 33.5 Å². The van der Waals surface area contributed by atoms with E-state index in [9.17, 15) is 13.6 Å². The number of aromatic carboxylic acids is 1. The molecule has 1 fully saturated rings. The molecule has 0 radical (unpaired) electrons. The number of pyridine rings is 2. The Kier molecular flexibility index (Phi) is 6.77. The third-order valence-corrected chi connectivity index (χ3v) is 6.61. The molecular formula is C30H25F2N3O2. The second-order valence-corrected chi connectivity index (χ2v) is 9.08. The van der Waals surface area contributed by atoms with Crippen LogP contribution < -0.4 is 4.90 Å². The van der Waals surface area contributed by atoms with Crippen LogP contribution in [0.25, 0.3) is 33.1 Å². The normalized spacial score (nSPS) is 15.0. The summed E-state index contributed by atoms with van der Waals surface area (Å²) in [6.45, 7) is 3.15. The van der Waals surface area contributed by atoms with Gasteiger partial charge >= 0.3 is 5.97 Å². The van der Waals surface area contributed by atoms with Crippen LogP contribution >= 0.6 is 0 Å². The van der Waals surface area contributed by atoms with E-state index < -0.39 is 17.6 Å². The Labute approximate surface area is 213 Å². The largest absolute Gasteiger partial charge is 0.478 e. The highest BCUT2D eigenvalue weighted by Gasteiger charge is 2.24. The van der Waals surface area contributed by atoms with Crippen LogP contribution in [0.1, 0.15) is 30.1 Å². The molecule has 1 aliphatic rings. The number of hydrogen-bond donors (Lipinski definition) is 1. The topological polar surface area (TPSA) is 66.3 Å². The van der Waals surface area contributed by atoms with Crippen molar-refractivity contribution in [1.29, 1.82) is 0 Å². The molecule has 2 aromatic heterocycles. The molecule has 3 heterocycles. The van der Waals surface area contributed by atoms with Crippen LogP contribution in [0, 0.1) is 11.6 Å². The molecule has 5 aromatic rings. The number of rotatable bonds is 3. The summed E-state index contributed by atoms with van der Waals surface area (Å²) < 4.78 is 27.1. The smallest absolute Gasteiger partial charge is 0.335 e. The van der Waals surface area contributed by atoms with Crippen molar-refractivity contribution in [1.82, 2.24) is 9.97 Å². The van der Waals surface area contributed by atoms with Crippen molar-refractivity contribution < 1.29 is 18.7 Å². The Morgan fingerprint density at radius 1 is 0.919 bits per heavy atom. The minimum atomic E-state index is -0.911. The van der Waals surface area contributed by atoms with E-state index in [4.69, 9.17) is 10.1 Å². The highest BCUT2D eigenvalue weighted by molar-refractivity contribution is 5.93. The molecule has 0 aliphatic carbocycles. The number of benzene rings is 3. The van der Waals surface area contributed by atoms with Gasteiger partial charge in [0.15, 0.2) is 11.6 Å². The minimum Gasteiger partial charge on any atom is -0.478 e. The van der Waals surface area contributed by atoms with Crippen molar-refractivity contribution in [2.45, 2.75) is 25.8 Å². The molecule has 3 aromatic carbocycles. The zero-order chi connectivity index (χ0) is 25.9. The van der Waals surface area contributed by atoms with Crippen molar-refractivity contribution in [3.8, 4) is 11.3 Å².